The summed E-state index contributed by atoms with van der Waals surface area (Å²) in [5, 5.41) is 49.2. The fourth-order valence-electron chi connectivity index (χ4n) is 3.04. The minimum atomic E-state index is -1.22. The molecule has 0 bridgehead atoms. The van der Waals surface area contributed by atoms with Crippen molar-refractivity contribution in [3.05, 3.63) is 46.1 Å². The Balaban J connectivity index is 2.68. The summed E-state index contributed by atoms with van der Waals surface area (Å²) in [5.74, 6) is -1.73. The SMILES string of the molecule is C/C(=C\Cc1c(O)cc(C)c(C(=O)O)c1O)CC/C=C(\C)CC[C@@H](O)C(C)(C)O. The Hall–Kier alpha value is -2.31. The third kappa shape index (κ3) is 7.55. The average molecular weight is 407 g/mol. The average Bonchev–Trinajstić information content (AvgIpc) is 2.57. The Morgan fingerprint density at radius 3 is 2.28 bits per heavy atom. The first-order valence-electron chi connectivity index (χ1n) is 9.84. The fourth-order valence-corrected chi connectivity index (χ4v) is 3.04. The third-order valence-corrected chi connectivity index (χ3v) is 5.11. The van der Waals surface area contributed by atoms with Crippen LogP contribution in [0.3, 0.4) is 0 Å². The van der Waals surface area contributed by atoms with Crippen LogP contribution in [0.5, 0.6) is 11.5 Å². The summed E-state index contributed by atoms with van der Waals surface area (Å²) in [6.45, 7) is 8.65. The number of rotatable bonds is 10. The number of allylic oxidation sites excluding steroid dienone is 4. The van der Waals surface area contributed by atoms with Crippen molar-refractivity contribution in [2.24, 2.45) is 0 Å². The van der Waals surface area contributed by atoms with Crippen molar-refractivity contribution < 1.29 is 30.3 Å². The summed E-state index contributed by atoms with van der Waals surface area (Å²) in [6, 6.07) is 1.36. The standard InChI is InChI=1S/C23H34O6/c1-14(7-6-8-15(2)10-12-19(25)23(4,5)29)9-11-17-18(24)13-16(3)20(21(17)26)22(27)28/h8-9,13,19,24-26,29H,6-7,10-12H2,1-5H3,(H,27,28)/b14-9+,15-8+/t19-/m1/s1. The van der Waals surface area contributed by atoms with Gasteiger partial charge in [-0.3, -0.25) is 0 Å². The maximum absolute atomic E-state index is 11.3. The minimum absolute atomic E-state index is 0.116. The molecule has 6 nitrogen and oxygen atoms in total. The van der Waals surface area contributed by atoms with Crippen molar-refractivity contribution in [2.75, 3.05) is 0 Å². The molecule has 0 fully saturated rings. The molecule has 0 saturated heterocycles. The first-order valence-corrected chi connectivity index (χ1v) is 9.84. The summed E-state index contributed by atoms with van der Waals surface area (Å²) in [5.41, 5.74) is 1.43. The van der Waals surface area contributed by atoms with Crippen LogP contribution in [0.25, 0.3) is 0 Å². The van der Waals surface area contributed by atoms with E-state index in [0.29, 0.717) is 18.4 Å². The minimum Gasteiger partial charge on any atom is -0.508 e. The number of aliphatic hydroxyl groups is 2. The molecule has 1 aromatic carbocycles. The zero-order chi connectivity index (χ0) is 22.4. The molecule has 162 valence electrons. The van der Waals surface area contributed by atoms with Gasteiger partial charge in [0.1, 0.15) is 17.1 Å². The van der Waals surface area contributed by atoms with E-state index in [1.165, 1.54) is 13.0 Å². The monoisotopic (exact) mass is 406 g/mol. The number of aromatic carboxylic acids is 1. The molecular formula is C23H34O6. The Labute approximate surface area is 172 Å². The molecule has 0 heterocycles. The number of hydrogen-bond acceptors (Lipinski definition) is 5. The number of aromatic hydroxyl groups is 2. The first-order chi connectivity index (χ1) is 13.3. The van der Waals surface area contributed by atoms with Crippen LogP contribution in [0, 0.1) is 6.92 Å². The molecular weight excluding hydrogens is 372 g/mol. The van der Waals surface area contributed by atoms with E-state index in [2.05, 4.69) is 6.08 Å². The van der Waals surface area contributed by atoms with Gasteiger partial charge in [-0.1, -0.05) is 23.3 Å². The lowest BCUT2D eigenvalue weighted by atomic mass is 9.95. The number of carbonyl (C=O) groups is 1. The van der Waals surface area contributed by atoms with Gasteiger partial charge in [0.15, 0.2) is 0 Å². The van der Waals surface area contributed by atoms with E-state index >= 15 is 0 Å². The van der Waals surface area contributed by atoms with E-state index < -0.39 is 17.7 Å². The van der Waals surface area contributed by atoms with Gasteiger partial charge in [0, 0.05) is 5.56 Å². The van der Waals surface area contributed by atoms with Crippen LogP contribution in [0.2, 0.25) is 0 Å². The molecule has 0 unspecified atom stereocenters. The van der Waals surface area contributed by atoms with Gasteiger partial charge in [0.05, 0.1) is 11.7 Å². The van der Waals surface area contributed by atoms with Gasteiger partial charge < -0.3 is 25.5 Å². The van der Waals surface area contributed by atoms with Crippen LogP contribution in [0.4, 0.5) is 0 Å². The number of hydrogen-bond donors (Lipinski definition) is 5. The number of aryl methyl sites for hydroxylation is 1. The second-order valence-corrected chi connectivity index (χ2v) is 8.27. The van der Waals surface area contributed by atoms with Gasteiger partial charge in [-0.05, 0) is 78.4 Å². The molecule has 1 atom stereocenters. The zero-order valence-electron chi connectivity index (χ0n) is 18.0. The highest BCUT2D eigenvalue weighted by atomic mass is 16.4. The molecule has 0 saturated carbocycles. The van der Waals surface area contributed by atoms with Crippen molar-refractivity contribution >= 4 is 5.97 Å². The summed E-state index contributed by atoms with van der Waals surface area (Å²) < 4.78 is 0. The Morgan fingerprint density at radius 1 is 1.14 bits per heavy atom. The largest absolute Gasteiger partial charge is 0.508 e. The molecule has 0 aliphatic heterocycles. The van der Waals surface area contributed by atoms with Crippen molar-refractivity contribution in [1.82, 2.24) is 0 Å². The highest BCUT2D eigenvalue weighted by molar-refractivity contribution is 5.93. The second kappa shape index (κ2) is 10.5. The van der Waals surface area contributed by atoms with Crippen molar-refractivity contribution in [2.45, 2.75) is 78.4 Å². The summed E-state index contributed by atoms with van der Waals surface area (Å²) >= 11 is 0. The van der Waals surface area contributed by atoms with Crippen LogP contribution in [0.15, 0.2) is 29.4 Å². The lowest BCUT2D eigenvalue weighted by molar-refractivity contribution is -0.0509. The summed E-state index contributed by atoms with van der Waals surface area (Å²) in [6.07, 6.45) is 6.23. The van der Waals surface area contributed by atoms with E-state index in [1.807, 2.05) is 19.9 Å². The number of phenolic OH excluding ortho intramolecular Hbond substituents is 1. The Bertz CT molecular complexity index is 784. The van der Waals surface area contributed by atoms with E-state index in [-0.39, 0.29) is 29.0 Å². The molecule has 0 spiro atoms. The van der Waals surface area contributed by atoms with Crippen molar-refractivity contribution in [1.29, 1.82) is 0 Å². The van der Waals surface area contributed by atoms with Crippen LogP contribution in [-0.4, -0.2) is 43.2 Å². The Kier molecular flexibility index (Phi) is 8.92. The lowest BCUT2D eigenvalue weighted by Crippen LogP contribution is -2.35. The second-order valence-electron chi connectivity index (χ2n) is 8.27. The molecule has 1 rings (SSSR count). The topological polar surface area (TPSA) is 118 Å². The summed E-state index contributed by atoms with van der Waals surface area (Å²) in [7, 11) is 0. The van der Waals surface area contributed by atoms with Crippen LogP contribution in [0.1, 0.15) is 74.9 Å². The molecule has 0 aliphatic carbocycles. The number of aliphatic hydroxyl groups excluding tert-OH is 1. The first kappa shape index (κ1) is 24.7. The Morgan fingerprint density at radius 2 is 1.72 bits per heavy atom. The summed E-state index contributed by atoms with van der Waals surface area (Å²) in [4.78, 5) is 11.3. The van der Waals surface area contributed by atoms with E-state index in [1.54, 1.807) is 13.8 Å². The molecule has 29 heavy (non-hydrogen) atoms. The van der Waals surface area contributed by atoms with Crippen LogP contribution >= 0.6 is 0 Å². The fraction of sp³-hybridized carbons (Fsp3) is 0.522. The number of phenols is 2. The maximum Gasteiger partial charge on any atom is 0.339 e. The number of benzene rings is 1. The third-order valence-electron chi connectivity index (χ3n) is 5.11. The lowest BCUT2D eigenvalue weighted by Gasteiger charge is -2.24. The van der Waals surface area contributed by atoms with Gasteiger partial charge in [0.2, 0.25) is 0 Å². The van der Waals surface area contributed by atoms with E-state index in [4.69, 9.17) is 0 Å². The quantitative estimate of drug-likeness (QED) is 0.371. The van der Waals surface area contributed by atoms with E-state index in [0.717, 1.165) is 24.0 Å². The molecule has 6 heteroatoms. The molecule has 0 amide bonds. The van der Waals surface area contributed by atoms with Gasteiger partial charge in [-0.2, -0.15) is 0 Å². The van der Waals surface area contributed by atoms with Crippen molar-refractivity contribution in [3.8, 4) is 11.5 Å². The smallest absolute Gasteiger partial charge is 0.339 e. The van der Waals surface area contributed by atoms with Crippen LogP contribution < -0.4 is 0 Å². The highest BCUT2D eigenvalue weighted by Crippen LogP contribution is 2.34. The molecule has 5 N–H and O–H groups in total. The van der Waals surface area contributed by atoms with Crippen LogP contribution in [-0.2, 0) is 6.42 Å². The zero-order valence-corrected chi connectivity index (χ0v) is 18.0. The molecule has 0 aromatic heterocycles. The van der Waals surface area contributed by atoms with Gasteiger partial charge >= 0.3 is 5.97 Å². The number of carboxylic acids is 1. The molecule has 0 radical (unpaired) electrons. The van der Waals surface area contributed by atoms with Gasteiger partial charge in [0.25, 0.3) is 0 Å². The maximum atomic E-state index is 11.3. The highest BCUT2D eigenvalue weighted by Gasteiger charge is 2.23. The van der Waals surface area contributed by atoms with Crippen molar-refractivity contribution in [3.63, 3.8) is 0 Å². The van der Waals surface area contributed by atoms with Gasteiger partial charge in [-0.15, -0.1) is 0 Å². The normalized spacial score (nSPS) is 14.2. The predicted octanol–water partition coefficient (Wildman–Crippen LogP) is 4.23. The van der Waals surface area contributed by atoms with E-state index in [9.17, 15) is 30.3 Å². The predicted molar refractivity (Wildman–Crippen MR) is 113 cm³/mol. The molecule has 0 aliphatic rings. The molecule has 1 aromatic rings. The number of carboxylic acid groups (broad SMARTS) is 1. The van der Waals surface area contributed by atoms with Gasteiger partial charge in [-0.25, -0.2) is 4.79 Å².